The van der Waals surface area contributed by atoms with Crippen LogP contribution in [0, 0.1) is 56.7 Å². The molecule has 5 aliphatic rings. The van der Waals surface area contributed by atoms with Crippen molar-refractivity contribution in [2.75, 3.05) is 19.8 Å². The van der Waals surface area contributed by atoms with Crippen molar-refractivity contribution < 1.29 is 14.4 Å². The van der Waals surface area contributed by atoms with Gasteiger partial charge in [0.2, 0.25) is 5.91 Å². The van der Waals surface area contributed by atoms with Crippen LogP contribution in [-0.2, 0) is 14.4 Å². The van der Waals surface area contributed by atoms with Crippen molar-refractivity contribution in [1.29, 1.82) is 0 Å². The first-order valence-corrected chi connectivity index (χ1v) is 15.8. The molecule has 5 aliphatic carbocycles. The van der Waals surface area contributed by atoms with Crippen LogP contribution in [0.4, 0.5) is 0 Å². The zero-order valence-electron chi connectivity index (χ0n) is 25.3. The first-order valence-electron chi connectivity index (χ1n) is 15.2. The Morgan fingerprint density at radius 1 is 1.05 bits per heavy atom. The number of hydrogen-bond acceptors (Lipinski definition) is 5. The van der Waals surface area contributed by atoms with Gasteiger partial charge in [0.15, 0.2) is 0 Å². The van der Waals surface area contributed by atoms with Crippen LogP contribution in [0.15, 0.2) is 0 Å². The number of fused-ring (bicyclic) bond motifs is 2. The Bertz CT molecular complexity index is 1040. The molecule has 5 nitrogen and oxygen atoms in total. The minimum absolute atomic E-state index is 0.0162. The minimum Gasteiger partial charge on any atom is -0.353 e. The van der Waals surface area contributed by atoms with Crippen molar-refractivity contribution in [3.05, 3.63) is 0 Å². The number of hydrogen-bond donors (Lipinski definition) is 2. The number of Topliss-reactive ketones (excluding diaryl/α,β-unsaturated/α-hetero) is 2. The smallest absolute Gasteiger partial charge is 0.222 e. The van der Waals surface area contributed by atoms with Gasteiger partial charge in [-0.15, -0.1) is 0 Å². The molecule has 1 N–H and O–H groups in total. The van der Waals surface area contributed by atoms with Gasteiger partial charge in [0.25, 0.3) is 0 Å². The van der Waals surface area contributed by atoms with Crippen LogP contribution in [0.2, 0.25) is 0 Å². The van der Waals surface area contributed by atoms with Gasteiger partial charge in [0, 0.05) is 35.8 Å². The maximum absolute atomic E-state index is 14.6. The fourth-order valence-electron chi connectivity index (χ4n) is 11.4. The van der Waals surface area contributed by atoms with Crippen molar-refractivity contribution >= 4 is 30.1 Å². The largest absolute Gasteiger partial charge is 0.353 e. The quantitative estimate of drug-likeness (QED) is 0.438. The SMILES string of the molecule is CC(=O)[C@@H]1C[C@@]2(C)[C@@H]3CC[C@H]4[C@](C)(CS)[C@@H](NC(=O)C(C)C)CC[C@@]45C[C@@]35C(=O)C[C@]2(C)[C@H]1[C@H](C)N(C)C. The summed E-state index contributed by atoms with van der Waals surface area (Å²) in [5, 5.41) is 3.39. The maximum atomic E-state index is 14.6. The highest BCUT2D eigenvalue weighted by molar-refractivity contribution is 7.80. The molecular weight excluding hydrogens is 492 g/mol. The number of nitrogens with zero attached hydrogens (tertiary/aromatic N) is 1. The molecule has 0 aromatic rings. The van der Waals surface area contributed by atoms with Gasteiger partial charge in [0.05, 0.1) is 0 Å². The van der Waals surface area contributed by atoms with Crippen molar-refractivity contribution in [3.63, 3.8) is 0 Å². The highest BCUT2D eigenvalue weighted by atomic mass is 32.1. The predicted octanol–water partition coefficient (Wildman–Crippen LogP) is 5.42. The van der Waals surface area contributed by atoms with Gasteiger partial charge >= 0.3 is 0 Å². The van der Waals surface area contributed by atoms with E-state index in [1.807, 2.05) is 13.8 Å². The topological polar surface area (TPSA) is 66.5 Å². The predicted molar refractivity (Wildman–Crippen MR) is 155 cm³/mol. The molecule has 6 heteroatoms. The van der Waals surface area contributed by atoms with Gasteiger partial charge in [-0.1, -0.05) is 34.6 Å². The molecule has 2 spiro atoms. The third kappa shape index (κ3) is 3.31. The summed E-state index contributed by atoms with van der Waals surface area (Å²) < 4.78 is 0. The third-order valence-electron chi connectivity index (χ3n) is 13.8. The van der Waals surface area contributed by atoms with E-state index in [9.17, 15) is 14.4 Å². The van der Waals surface area contributed by atoms with E-state index < -0.39 is 0 Å². The second-order valence-electron chi connectivity index (χ2n) is 15.5. The van der Waals surface area contributed by atoms with Gasteiger partial charge in [0.1, 0.15) is 11.6 Å². The Morgan fingerprint density at radius 3 is 2.24 bits per heavy atom. The summed E-state index contributed by atoms with van der Waals surface area (Å²) in [4.78, 5) is 42.7. The van der Waals surface area contributed by atoms with Crippen LogP contribution < -0.4 is 5.32 Å². The Balaban J connectivity index is 1.54. The number of carbonyl (C=O) groups is 3. The fourth-order valence-corrected chi connectivity index (χ4v) is 11.9. The number of nitrogens with one attached hydrogen (secondary N) is 1. The van der Waals surface area contributed by atoms with E-state index in [1.54, 1.807) is 6.92 Å². The molecular formula is C32H52N2O3S. The lowest BCUT2D eigenvalue weighted by Gasteiger charge is -2.63. The summed E-state index contributed by atoms with van der Waals surface area (Å²) in [7, 11) is 4.23. The minimum atomic E-state index is -0.251. The van der Waals surface area contributed by atoms with Crippen molar-refractivity contribution in [1.82, 2.24) is 10.2 Å². The molecule has 0 aromatic carbocycles. The number of rotatable bonds is 6. The molecule has 11 atom stereocenters. The lowest BCUT2D eigenvalue weighted by atomic mass is 9.41. The normalized spacial score (nSPS) is 50.1. The highest BCUT2D eigenvalue weighted by Gasteiger charge is 2.86. The van der Waals surface area contributed by atoms with Crippen LogP contribution >= 0.6 is 12.6 Å². The van der Waals surface area contributed by atoms with Crippen LogP contribution in [0.5, 0.6) is 0 Å². The number of ketones is 2. The van der Waals surface area contributed by atoms with Crippen LogP contribution in [0.3, 0.4) is 0 Å². The monoisotopic (exact) mass is 544 g/mol. The molecule has 0 saturated heterocycles. The summed E-state index contributed by atoms with van der Waals surface area (Å²) in [5.41, 5.74) is -0.543. The highest BCUT2D eigenvalue weighted by Crippen LogP contribution is 2.88. The lowest BCUT2D eigenvalue weighted by molar-refractivity contribution is -0.170. The number of carbonyl (C=O) groups excluding carboxylic acids is 3. The van der Waals surface area contributed by atoms with Crippen LogP contribution in [-0.4, -0.2) is 54.3 Å². The second kappa shape index (κ2) is 8.81. The zero-order valence-corrected chi connectivity index (χ0v) is 26.2. The van der Waals surface area contributed by atoms with E-state index in [0.29, 0.717) is 29.8 Å². The average Bonchev–Trinajstić information content (AvgIpc) is 3.47. The zero-order chi connectivity index (χ0) is 28.2. The van der Waals surface area contributed by atoms with E-state index in [0.717, 1.165) is 44.3 Å². The standard InChI is InChI=1S/C32H52N2O3S/c1-18(2)27(37)33-24-12-13-31-16-32(31)23(11-10-22(31)28(24,5)17-38)29(6)14-21(20(4)35)26(19(3)34(8)9)30(29,7)15-25(32)36/h18-19,21-24,26,38H,10-17H2,1-9H3,(H,33,37)/t19-,21-,22-,23-,24-,26-,28-,29-,30+,31+,32-/m0/s1. The Hall–Kier alpha value is -0.880. The number of thiol groups is 1. The molecule has 38 heavy (non-hydrogen) atoms. The average molecular weight is 545 g/mol. The van der Waals surface area contributed by atoms with E-state index >= 15 is 0 Å². The summed E-state index contributed by atoms with van der Waals surface area (Å²) >= 11 is 4.89. The Morgan fingerprint density at radius 2 is 1.68 bits per heavy atom. The van der Waals surface area contributed by atoms with Crippen molar-refractivity contribution in [2.45, 2.75) is 105 Å². The molecule has 0 radical (unpaired) electrons. The van der Waals surface area contributed by atoms with Crippen LogP contribution in [0.25, 0.3) is 0 Å². The molecule has 1 amide bonds. The molecule has 5 saturated carbocycles. The molecule has 5 fully saturated rings. The molecule has 5 rings (SSSR count). The van der Waals surface area contributed by atoms with E-state index in [2.05, 4.69) is 52.0 Å². The van der Waals surface area contributed by atoms with Gasteiger partial charge in [-0.2, -0.15) is 12.6 Å². The first-order chi connectivity index (χ1) is 17.6. The van der Waals surface area contributed by atoms with Crippen molar-refractivity contribution in [2.24, 2.45) is 56.7 Å². The molecule has 0 heterocycles. The van der Waals surface area contributed by atoms with Crippen molar-refractivity contribution in [3.8, 4) is 0 Å². The fraction of sp³-hybridized carbons (Fsp3) is 0.906. The van der Waals surface area contributed by atoms with E-state index in [1.165, 1.54) is 0 Å². The van der Waals surface area contributed by atoms with Gasteiger partial charge < -0.3 is 10.2 Å². The molecule has 0 unspecified atom stereocenters. The summed E-state index contributed by atoms with van der Waals surface area (Å²) in [5.74, 6) is 2.53. The summed E-state index contributed by atoms with van der Waals surface area (Å²) in [6.07, 6.45) is 6.62. The first kappa shape index (κ1) is 28.6. The maximum Gasteiger partial charge on any atom is 0.222 e. The van der Waals surface area contributed by atoms with Gasteiger partial charge in [-0.3, -0.25) is 14.4 Å². The molecule has 0 bridgehead atoms. The summed E-state index contributed by atoms with van der Waals surface area (Å²) in [6, 6.07) is 0.354. The molecule has 214 valence electrons. The lowest BCUT2D eigenvalue weighted by Crippen LogP contribution is -2.63. The number of amides is 1. The van der Waals surface area contributed by atoms with E-state index in [4.69, 9.17) is 12.6 Å². The third-order valence-corrected chi connectivity index (χ3v) is 14.5. The van der Waals surface area contributed by atoms with Crippen LogP contribution in [0.1, 0.15) is 93.4 Å². The Kier molecular flexibility index (Phi) is 6.64. The van der Waals surface area contributed by atoms with Gasteiger partial charge in [-0.25, -0.2) is 0 Å². The van der Waals surface area contributed by atoms with Gasteiger partial charge in [-0.05, 0) is 112 Å². The summed E-state index contributed by atoms with van der Waals surface area (Å²) in [6.45, 7) is 15.1. The molecule has 0 aromatic heterocycles. The molecule has 0 aliphatic heterocycles. The second-order valence-corrected chi connectivity index (χ2v) is 15.8. The van der Waals surface area contributed by atoms with E-state index in [-0.39, 0.29) is 62.8 Å². The Labute approximate surface area is 236 Å².